The van der Waals surface area contributed by atoms with Crippen LogP contribution in [0.1, 0.15) is 43.4 Å². The molecule has 1 amide bonds. The molecule has 0 fully saturated rings. The van der Waals surface area contributed by atoms with Crippen LogP contribution < -0.4 is 5.32 Å². The number of aliphatic carboxylic acids is 1. The van der Waals surface area contributed by atoms with Crippen molar-refractivity contribution in [2.24, 2.45) is 0 Å². The van der Waals surface area contributed by atoms with Crippen molar-refractivity contribution in [3.05, 3.63) is 69.7 Å². The first-order valence-corrected chi connectivity index (χ1v) is 10.8. The third kappa shape index (κ3) is 8.74. The highest BCUT2D eigenvalue weighted by Gasteiger charge is 2.16. The number of amides is 1. The number of carbonyl (C=O) groups excluding carboxylic acids is 1. The van der Waals surface area contributed by atoms with E-state index in [9.17, 15) is 9.59 Å². The van der Waals surface area contributed by atoms with Crippen molar-refractivity contribution in [1.29, 1.82) is 0 Å². The largest absolute Gasteiger partial charge is 0.481 e. The van der Waals surface area contributed by atoms with Gasteiger partial charge in [0.15, 0.2) is 0 Å². The zero-order valence-corrected chi connectivity index (χ0v) is 18.6. The Morgan fingerprint density at radius 1 is 0.967 bits per heavy atom. The number of nitrogens with one attached hydrogen (secondary N) is 1. The van der Waals surface area contributed by atoms with E-state index in [4.69, 9.17) is 28.3 Å². The molecule has 2 aromatic carbocycles. The van der Waals surface area contributed by atoms with Crippen molar-refractivity contribution in [2.75, 3.05) is 19.6 Å². The van der Waals surface area contributed by atoms with Gasteiger partial charge in [0.2, 0.25) is 5.91 Å². The fraction of sp³-hybridized carbons (Fsp3) is 0.391. The lowest BCUT2D eigenvalue weighted by Crippen LogP contribution is -2.33. The van der Waals surface area contributed by atoms with E-state index in [0.29, 0.717) is 36.0 Å². The summed E-state index contributed by atoms with van der Waals surface area (Å²) in [6.45, 7) is 4.10. The Kier molecular flexibility index (Phi) is 10.1. The van der Waals surface area contributed by atoms with Gasteiger partial charge < -0.3 is 10.4 Å². The summed E-state index contributed by atoms with van der Waals surface area (Å²) in [5.74, 6) is -0.816. The van der Waals surface area contributed by atoms with Crippen molar-refractivity contribution in [1.82, 2.24) is 10.2 Å². The van der Waals surface area contributed by atoms with Gasteiger partial charge in [-0.1, -0.05) is 47.5 Å². The minimum atomic E-state index is -0.788. The Morgan fingerprint density at radius 3 is 2.13 bits per heavy atom. The molecular weight excluding hydrogens is 423 g/mol. The molecule has 1 unspecified atom stereocenters. The molecular formula is C23H28Cl2N2O3. The van der Waals surface area contributed by atoms with E-state index in [1.165, 1.54) is 0 Å². The van der Waals surface area contributed by atoms with Gasteiger partial charge in [-0.15, -0.1) is 0 Å². The number of hydrogen-bond acceptors (Lipinski definition) is 3. The number of carboxylic acids is 1. The van der Waals surface area contributed by atoms with Crippen molar-refractivity contribution in [2.45, 2.75) is 38.6 Å². The predicted molar refractivity (Wildman–Crippen MR) is 121 cm³/mol. The third-order valence-electron chi connectivity index (χ3n) is 4.96. The summed E-state index contributed by atoms with van der Waals surface area (Å²) in [7, 11) is 0. The van der Waals surface area contributed by atoms with Gasteiger partial charge in [0.05, 0.1) is 6.42 Å². The molecule has 7 heteroatoms. The lowest BCUT2D eigenvalue weighted by molar-refractivity contribution is -0.137. The van der Waals surface area contributed by atoms with Crippen LogP contribution >= 0.6 is 23.2 Å². The number of carbonyl (C=O) groups is 2. The lowest BCUT2D eigenvalue weighted by Gasteiger charge is -2.29. The van der Waals surface area contributed by atoms with Gasteiger partial charge in [-0.25, -0.2) is 0 Å². The average molecular weight is 451 g/mol. The Balaban J connectivity index is 1.83. The van der Waals surface area contributed by atoms with Crippen molar-refractivity contribution in [3.63, 3.8) is 0 Å². The number of rotatable bonds is 12. The van der Waals surface area contributed by atoms with E-state index >= 15 is 0 Å². The van der Waals surface area contributed by atoms with Gasteiger partial charge in [-0.05, 0) is 61.7 Å². The fourth-order valence-electron chi connectivity index (χ4n) is 3.24. The molecule has 1 atom stereocenters. The molecule has 162 valence electrons. The van der Waals surface area contributed by atoms with Gasteiger partial charge in [0.25, 0.3) is 0 Å². The molecule has 2 N–H and O–H groups in total. The number of benzene rings is 2. The first-order valence-electron chi connectivity index (χ1n) is 10.1. The molecule has 0 aliphatic rings. The van der Waals surface area contributed by atoms with E-state index in [1.54, 1.807) is 12.1 Å². The van der Waals surface area contributed by atoms with E-state index in [2.05, 4.69) is 17.1 Å². The number of hydrogen-bond donors (Lipinski definition) is 2. The second-order valence-corrected chi connectivity index (χ2v) is 8.14. The highest BCUT2D eigenvalue weighted by atomic mass is 35.5. The number of halogens is 2. The van der Waals surface area contributed by atoms with Gasteiger partial charge in [0, 0.05) is 35.6 Å². The summed E-state index contributed by atoms with van der Waals surface area (Å²) in [4.78, 5) is 25.3. The highest BCUT2D eigenvalue weighted by molar-refractivity contribution is 6.30. The summed E-state index contributed by atoms with van der Waals surface area (Å²) in [6.07, 6.45) is 1.82. The number of carboxylic acid groups (broad SMARTS) is 1. The van der Waals surface area contributed by atoms with Crippen LogP contribution in [0.2, 0.25) is 10.0 Å². The van der Waals surface area contributed by atoms with Crippen LogP contribution in [0.4, 0.5) is 0 Å². The Morgan fingerprint density at radius 2 is 1.53 bits per heavy atom. The van der Waals surface area contributed by atoms with Gasteiger partial charge in [-0.3, -0.25) is 14.5 Å². The summed E-state index contributed by atoms with van der Waals surface area (Å²) in [5, 5.41) is 13.2. The Bertz CT molecular complexity index is 810. The van der Waals surface area contributed by atoms with E-state index in [-0.39, 0.29) is 18.4 Å². The molecule has 0 aliphatic carbocycles. The summed E-state index contributed by atoms with van der Waals surface area (Å²) in [6, 6.07) is 15.1. The molecule has 0 aromatic heterocycles. The van der Waals surface area contributed by atoms with Gasteiger partial charge in [0.1, 0.15) is 0 Å². The molecule has 0 radical (unpaired) electrons. The second kappa shape index (κ2) is 12.6. The van der Waals surface area contributed by atoms with Gasteiger partial charge in [-0.2, -0.15) is 0 Å². The van der Waals surface area contributed by atoms with Crippen molar-refractivity contribution in [3.8, 4) is 0 Å². The normalized spacial score (nSPS) is 12.0. The minimum absolute atomic E-state index is 0.0273. The summed E-state index contributed by atoms with van der Waals surface area (Å²) >= 11 is 11.9. The Labute approximate surface area is 188 Å². The van der Waals surface area contributed by atoms with Crippen LogP contribution in [0, 0.1) is 0 Å². The van der Waals surface area contributed by atoms with Crippen LogP contribution in [0.15, 0.2) is 48.5 Å². The van der Waals surface area contributed by atoms with Crippen LogP contribution in [-0.4, -0.2) is 41.5 Å². The first kappa shape index (κ1) is 24.2. The maximum Gasteiger partial charge on any atom is 0.303 e. The minimum Gasteiger partial charge on any atom is -0.481 e. The predicted octanol–water partition coefficient (Wildman–Crippen LogP) is 4.97. The third-order valence-corrected chi connectivity index (χ3v) is 5.46. The fourth-order valence-corrected chi connectivity index (χ4v) is 3.50. The standard InChI is InChI=1S/C23H28Cl2N2O3/c1-17(19-7-11-21(25)12-8-19)27(14-2-4-23(29)30)15-3-13-26-22(28)16-18-5-9-20(24)10-6-18/h5-12,17H,2-4,13-16H2,1H3,(H,26,28)(H,29,30). The molecule has 0 aliphatic heterocycles. The molecule has 5 nitrogen and oxygen atoms in total. The van der Waals surface area contributed by atoms with E-state index < -0.39 is 5.97 Å². The molecule has 0 bridgehead atoms. The molecule has 0 heterocycles. The molecule has 30 heavy (non-hydrogen) atoms. The maximum atomic E-state index is 12.1. The Hall–Kier alpha value is -2.08. The topological polar surface area (TPSA) is 69.6 Å². The van der Waals surface area contributed by atoms with E-state index in [1.807, 2.05) is 36.4 Å². The zero-order chi connectivity index (χ0) is 21.9. The quantitative estimate of drug-likeness (QED) is 0.447. The van der Waals surface area contributed by atoms with Crippen LogP contribution in [0.3, 0.4) is 0 Å². The van der Waals surface area contributed by atoms with Crippen LogP contribution in [0.25, 0.3) is 0 Å². The van der Waals surface area contributed by atoms with Crippen LogP contribution in [0.5, 0.6) is 0 Å². The maximum absolute atomic E-state index is 12.1. The smallest absolute Gasteiger partial charge is 0.303 e. The monoisotopic (exact) mass is 450 g/mol. The lowest BCUT2D eigenvalue weighted by atomic mass is 10.1. The first-order chi connectivity index (χ1) is 14.3. The summed E-state index contributed by atoms with van der Waals surface area (Å²) in [5.41, 5.74) is 2.05. The molecule has 2 aromatic rings. The summed E-state index contributed by atoms with van der Waals surface area (Å²) < 4.78 is 0. The second-order valence-electron chi connectivity index (χ2n) is 7.27. The van der Waals surface area contributed by atoms with Crippen molar-refractivity contribution < 1.29 is 14.7 Å². The molecule has 2 rings (SSSR count). The van der Waals surface area contributed by atoms with E-state index in [0.717, 1.165) is 24.1 Å². The SMILES string of the molecule is CC(c1ccc(Cl)cc1)N(CCCNC(=O)Cc1ccc(Cl)cc1)CCCC(=O)O. The van der Waals surface area contributed by atoms with Gasteiger partial charge >= 0.3 is 5.97 Å². The molecule has 0 saturated heterocycles. The molecule has 0 saturated carbocycles. The van der Waals surface area contributed by atoms with Crippen molar-refractivity contribution >= 4 is 35.1 Å². The zero-order valence-electron chi connectivity index (χ0n) is 17.1. The average Bonchev–Trinajstić information content (AvgIpc) is 2.71. The molecule has 0 spiro atoms. The highest BCUT2D eigenvalue weighted by Crippen LogP contribution is 2.22. The van der Waals surface area contributed by atoms with Crippen LogP contribution in [-0.2, 0) is 16.0 Å². The number of nitrogens with zero attached hydrogens (tertiary/aromatic N) is 1.